The minimum absolute atomic E-state index is 0.275. The van der Waals surface area contributed by atoms with E-state index in [0.717, 1.165) is 5.69 Å². The first-order valence-corrected chi connectivity index (χ1v) is 9.19. The molecule has 0 bridgehead atoms. The predicted molar refractivity (Wildman–Crippen MR) is 90.1 cm³/mol. The average Bonchev–Trinajstić information content (AvgIpc) is 3.09. The van der Waals surface area contributed by atoms with Crippen LogP contribution in [-0.4, -0.2) is 13.4 Å². The summed E-state index contributed by atoms with van der Waals surface area (Å²) in [5, 5.41) is 1.72. The molecule has 0 aliphatic carbocycles. The molecule has 0 fully saturated rings. The van der Waals surface area contributed by atoms with Crippen LogP contribution in [0.2, 0.25) is 0 Å². The summed E-state index contributed by atoms with van der Waals surface area (Å²) in [6.45, 7) is 0.321. The summed E-state index contributed by atoms with van der Waals surface area (Å²) in [4.78, 5) is 4.17. The van der Waals surface area contributed by atoms with Crippen molar-refractivity contribution in [1.29, 1.82) is 0 Å². The number of aromatic nitrogens is 1. The third-order valence-electron chi connectivity index (χ3n) is 2.96. The molecule has 2 aromatic heterocycles. The fraction of sp³-hybridized carbons (Fsp3) is 0.0625. The molecule has 118 valence electrons. The molecule has 0 aliphatic rings. The van der Waals surface area contributed by atoms with Crippen LogP contribution in [-0.2, 0) is 16.6 Å². The van der Waals surface area contributed by atoms with E-state index in [1.54, 1.807) is 48.0 Å². The van der Waals surface area contributed by atoms with Gasteiger partial charge in [-0.1, -0.05) is 18.2 Å². The van der Waals surface area contributed by atoms with Gasteiger partial charge in [0, 0.05) is 12.3 Å². The van der Waals surface area contributed by atoms with E-state index in [9.17, 15) is 8.42 Å². The molecule has 3 aromatic rings. The summed E-state index contributed by atoms with van der Waals surface area (Å²) in [5.41, 5.74) is 1.26. The van der Waals surface area contributed by atoms with Crippen LogP contribution in [0.15, 0.2) is 70.4 Å². The lowest BCUT2D eigenvalue weighted by atomic mass is 10.3. The van der Waals surface area contributed by atoms with Crippen molar-refractivity contribution >= 4 is 27.0 Å². The molecule has 0 saturated heterocycles. The number of anilines is 1. The minimum Gasteiger partial charge on any atom is -0.487 e. The van der Waals surface area contributed by atoms with Crippen molar-refractivity contribution in [1.82, 2.24) is 4.98 Å². The molecule has 0 spiro atoms. The molecular formula is C16H14N2O3S2. The molecule has 7 heteroatoms. The van der Waals surface area contributed by atoms with Crippen LogP contribution in [0, 0.1) is 0 Å². The van der Waals surface area contributed by atoms with Gasteiger partial charge in [-0.15, -0.1) is 11.3 Å². The molecule has 5 nitrogen and oxygen atoms in total. The van der Waals surface area contributed by atoms with Crippen LogP contribution >= 0.6 is 11.3 Å². The van der Waals surface area contributed by atoms with E-state index in [0.29, 0.717) is 18.0 Å². The van der Waals surface area contributed by atoms with Crippen LogP contribution in [0.4, 0.5) is 5.69 Å². The summed E-state index contributed by atoms with van der Waals surface area (Å²) >= 11 is 1.17. The molecule has 23 heavy (non-hydrogen) atoms. The molecule has 0 amide bonds. The Morgan fingerprint density at radius 2 is 2.00 bits per heavy atom. The second-order valence-electron chi connectivity index (χ2n) is 4.68. The number of sulfonamides is 1. The highest BCUT2D eigenvalue weighted by molar-refractivity contribution is 7.94. The zero-order chi connectivity index (χ0) is 16.1. The summed E-state index contributed by atoms with van der Waals surface area (Å²) in [6, 6.07) is 15.7. The number of pyridine rings is 1. The smallest absolute Gasteiger partial charge is 0.271 e. The number of nitrogens with one attached hydrogen (secondary N) is 1. The van der Waals surface area contributed by atoms with Crippen molar-refractivity contribution in [3.63, 3.8) is 0 Å². The maximum absolute atomic E-state index is 12.2. The molecular weight excluding hydrogens is 332 g/mol. The maximum atomic E-state index is 12.2. The zero-order valence-corrected chi connectivity index (χ0v) is 13.7. The lowest BCUT2D eigenvalue weighted by Gasteiger charge is -2.09. The predicted octanol–water partition coefficient (Wildman–Crippen LogP) is 3.52. The van der Waals surface area contributed by atoms with Crippen molar-refractivity contribution in [2.45, 2.75) is 10.8 Å². The van der Waals surface area contributed by atoms with Gasteiger partial charge in [-0.2, -0.15) is 0 Å². The van der Waals surface area contributed by atoms with Gasteiger partial charge in [0.05, 0.1) is 11.4 Å². The molecule has 2 heterocycles. The topological polar surface area (TPSA) is 68.3 Å². The highest BCUT2D eigenvalue weighted by atomic mass is 32.2. The second kappa shape index (κ2) is 6.80. The van der Waals surface area contributed by atoms with Crippen molar-refractivity contribution in [3.8, 4) is 5.75 Å². The molecule has 1 N–H and O–H groups in total. The van der Waals surface area contributed by atoms with Gasteiger partial charge >= 0.3 is 0 Å². The zero-order valence-electron chi connectivity index (χ0n) is 12.0. The van der Waals surface area contributed by atoms with E-state index in [-0.39, 0.29) is 4.21 Å². The van der Waals surface area contributed by atoms with Crippen LogP contribution in [0.5, 0.6) is 5.75 Å². The Bertz CT molecular complexity index is 863. The van der Waals surface area contributed by atoms with E-state index < -0.39 is 10.0 Å². The van der Waals surface area contributed by atoms with E-state index in [4.69, 9.17) is 4.74 Å². The lowest BCUT2D eigenvalue weighted by Crippen LogP contribution is -2.11. The largest absolute Gasteiger partial charge is 0.487 e. The Morgan fingerprint density at radius 3 is 2.74 bits per heavy atom. The van der Waals surface area contributed by atoms with E-state index >= 15 is 0 Å². The fourth-order valence-corrected chi connectivity index (χ4v) is 3.95. The Labute approximate surface area is 138 Å². The fourth-order valence-electron chi connectivity index (χ4n) is 1.91. The third-order valence-corrected chi connectivity index (χ3v) is 5.74. The molecule has 0 saturated carbocycles. The highest BCUT2D eigenvalue weighted by Gasteiger charge is 2.15. The minimum atomic E-state index is -3.55. The molecule has 3 rings (SSSR count). The van der Waals surface area contributed by atoms with Crippen LogP contribution in [0.3, 0.4) is 0 Å². The normalized spacial score (nSPS) is 11.1. The number of benzene rings is 1. The van der Waals surface area contributed by atoms with Gasteiger partial charge in [-0.05, 0) is 35.7 Å². The number of nitrogens with zero attached hydrogens (tertiary/aromatic N) is 1. The van der Waals surface area contributed by atoms with Crippen LogP contribution in [0.1, 0.15) is 5.69 Å². The number of thiophene rings is 1. The van der Waals surface area contributed by atoms with Crippen molar-refractivity contribution in [2.75, 3.05) is 4.72 Å². The average molecular weight is 346 g/mol. The van der Waals surface area contributed by atoms with Gasteiger partial charge in [0.1, 0.15) is 16.6 Å². The van der Waals surface area contributed by atoms with Gasteiger partial charge in [-0.25, -0.2) is 8.42 Å². The lowest BCUT2D eigenvalue weighted by molar-refractivity contribution is 0.301. The Balaban J connectivity index is 1.70. The first kappa shape index (κ1) is 15.5. The second-order valence-corrected chi connectivity index (χ2v) is 7.53. The summed E-state index contributed by atoms with van der Waals surface area (Å²) in [7, 11) is -3.55. The molecule has 0 aliphatic heterocycles. The first-order valence-electron chi connectivity index (χ1n) is 6.82. The Kier molecular flexibility index (Phi) is 4.59. The summed E-state index contributed by atoms with van der Waals surface area (Å²) in [6.07, 6.45) is 1.70. The van der Waals surface area contributed by atoms with Gasteiger partial charge in [0.15, 0.2) is 0 Å². The molecule has 1 aromatic carbocycles. The quantitative estimate of drug-likeness (QED) is 0.741. The number of hydrogen-bond donors (Lipinski definition) is 1. The first-order chi connectivity index (χ1) is 11.1. The maximum Gasteiger partial charge on any atom is 0.271 e. The number of ether oxygens (including phenoxy) is 1. The molecule has 0 radical (unpaired) electrons. The number of hydrogen-bond acceptors (Lipinski definition) is 5. The molecule has 0 atom stereocenters. The van der Waals surface area contributed by atoms with E-state index in [2.05, 4.69) is 9.71 Å². The van der Waals surface area contributed by atoms with Gasteiger partial charge in [-0.3, -0.25) is 9.71 Å². The Morgan fingerprint density at radius 1 is 1.09 bits per heavy atom. The van der Waals surface area contributed by atoms with Crippen LogP contribution < -0.4 is 9.46 Å². The van der Waals surface area contributed by atoms with Gasteiger partial charge in [0.25, 0.3) is 10.0 Å². The summed E-state index contributed by atoms with van der Waals surface area (Å²) < 4.78 is 32.9. The molecule has 0 unspecified atom stereocenters. The van der Waals surface area contributed by atoms with Crippen molar-refractivity contribution in [2.24, 2.45) is 0 Å². The monoisotopic (exact) mass is 346 g/mol. The summed E-state index contributed by atoms with van der Waals surface area (Å²) in [5.74, 6) is 0.571. The third kappa shape index (κ3) is 4.08. The van der Waals surface area contributed by atoms with Gasteiger partial charge < -0.3 is 4.74 Å². The van der Waals surface area contributed by atoms with Crippen molar-refractivity contribution in [3.05, 3.63) is 71.9 Å². The van der Waals surface area contributed by atoms with Crippen LogP contribution in [0.25, 0.3) is 0 Å². The SMILES string of the molecule is O=S(=O)(Nc1cccc(OCc2ccccn2)c1)c1cccs1. The van der Waals surface area contributed by atoms with Crippen molar-refractivity contribution < 1.29 is 13.2 Å². The van der Waals surface area contributed by atoms with Gasteiger partial charge in [0.2, 0.25) is 0 Å². The number of rotatable bonds is 6. The Hall–Kier alpha value is -2.38. The highest BCUT2D eigenvalue weighted by Crippen LogP contribution is 2.23. The van der Waals surface area contributed by atoms with E-state index in [1.165, 1.54) is 11.3 Å². The van der Waals surface area contributed by atoms with E-state index in [1.807, 2.05) is 18.2 Å². The standard InChI is InChI=1S/C16H14N2O3S2/c19-23(20,16-8-4-10-22-16)18-13-6-3-7-15(11-13)21-12-14-5-1-2-9-17-14/h1-11,18H,12H2.